The van der Waals surface area contributed by atoms with Gasteiger partial charge in [-0.3, -0.25) is 0 Å². The number of urea groups is 1. The fourth-order valence-electron chi connectivity index (χ4n) is 1.62. The van der Waals surface area contributed by atoms with Crippen LogP contribution in [0.2, 0.25) is 0 Å². The minimum Gasteiger partial charge on any atom is -0.384 e. The van der Waals surface area contributed by atoms with Gasteiger partial charge in [0.15, 0.2) is 0 Å². The normalized spacial score (nSPS) is 12.9. The fourth-order valence-corrected chi connectivity index (χ4v) is 1.62. The Hall–Kier alpha value is -1.71. The van der Waals surface area contributed by atoms with Gasteiger partial charge in [-0.15, -0.1) is 0 Å². The summed E-state index contributed by atoms with van der Waals surface area (Å²) in [7, 11) is 3.45. The van der Waals surface area contributed by atoms with Gasteiger partial charge >= 0.3 is 6.03 Å². The van der Waals surface area contributed by atoms with E-state index in [-0.39, 0.29) is 6.03 Å². The molecule has 0 bridgehead atoms. The molecule has 1 aromatic rings. The van der Waals surface area contributed by atoms with Crippen LogP contribution in [0.25, 0.3) is 0 Å². The van der Waals surface area contributed by atoms with Gasteiger partial charge in [0.05, 0.1) is 0 Å². The lowest BCUT2D eigenvalue weighted by Gasteiger charge is -2.12. The van der Waals surface area contributed by atoms with Gasteiger partial charge in [-0.05, 0) is 30.2 Å². The first-order chi connectivity index (χ1) is 7.16. The number of rotatable bonds is 1. The quantitative estimate of drug-likeness (QED) is 0.733. The maximum atomic E-state index is 11.4. The molecule has 4 nitrogen and oxygen atoms in total. The minimum atomic E-state index is -0.0964. The third-order valence-corrected chi connectivity index (χ3v) is 2.47. The molecule has 0 radical (unpaired) electrons. The van der Waals surface area contributed by atoms with Crippen LogP contribution in [0.4, 0.5) is 16.2 Å². The molecular weight excluding hydrogens is 190 g/mol. The lowest BCUT2D eigenvalue weighted by Crippen LogP contribution is -2.27. The van der Waals surface area contributed by atoms with Crippen molar-refractivity contribution in [3.05, 3.63) is 23.8 Å². The Morgan fingerprint density at radius 1 is 1.47 bits per heavy atom. The summed E-state index contributed by atoms with van der Waals surface area (Å²) in [6, 6.07) is 5.85. The zero-order valence-electron chi connectivity index (χ0n) is 9.00. The van der Waals surface area contributed by atoms with Crippen molar-refractivity contribution >= 4 is 17.4 Å². The van der Waals surface area contributed by atoms with E-state index >= 15 is 0 Å². The molecule has 1 aromatic carbocycles. The van der Waals surface area contributed by atoms with Crippen LogP contribution in [0, 0.1) is 0 Å². The molecule has 2 rings (SSSR count). The third kappa shape index (κ3) is 2.03. The zero-order valence-corrected chi connectivity index (χ0v) is 9.00. The van der Waals surface area contributed by atoms with Crippen LogP contribution >= 0.6 is 0 Å². The van der Waals surface area contributed by atoms with Crippen molar-refractivity contribution < 1.29 is 4.79 Å². The summed E-state index contributed by atoms with van der Waals surface area (Å²) < 4.78 is 0. The van der Waals surface area contributed by atoms with E-state index in [9.17, 15) is 4.79 Å². The van der Waals surface area contributed by atoms with Crippen molar-refractivity contribution in [2.24, 2.45) is 0 Å². The molecule has 1 heterocycles. The van der Waals surface area contributed by atoms with Crippen LogP contribution in [0.5, 0.6) is 0 Å². The summed E-state index contributed by atoms with van der Waals surface area (Å²) >= 11 is 0. The smallest absolute Gasteiger partial charge is 0.321 e. The second-order valence-electron chi connectivity index (χ2n) is 3.87. The average Bonchev–Trinajstić information content (AvgIpc) is 2.64. The van der Waals surface area contributed by atoms with E-state index in [0.717, 1.165) is 18.7 Å². The van der Waals surface area contributed by atoms with E-state index in [1.54, 1.807) is 14.1 Å². The summed E-state index contributed by atoms with van der Waals surface area (Å²) in [5.41, 5.74) is 3.31. The van der Waals surface area contributed by atoms with E-state index in [1.807, 2.05) is 18.2 Å². The van der Waals surface area contributed by atoms with Gasteiger partial charge in [0.2, 0.25) is 0 Å². The summed E-state index contributed by atoms with van der Waals surface area (Å²) in [4.78, 5) is 12.9. The highest BCUT2D eigenvalue weighted by Gasteiger charge is 2.11. The van der Waals surface area contributed by atoms with Crippen LogP contribution in [0.15, 0.2) is 18.2 Å². The molecule has 2 amide bonds. The number of carbonyl (C=O) groups excluding carboxylic acids is 1. The van der Waals surface area contributed by atoms with Crippen LogP contribution in [-0.2, 0) is 6.42 Å². The first-order valence-electron chi connectivity index (χ1n) is 5.02. The first-order valence-corrected chi connectivity index (χ1v) is 5.02. The molecule has 0 atom stereocenters. The maximum absolute atomic E-state index is 11.4. The molecule has 0 saturated heterocycles. The van der Waals surface area contributed by atoms with Crippen LogP contribution in [0.1, 0.15) is 5.56 Å². The molecule has 80 valence electrons. The van der Waals surface area contributed by atoms with Gasteiger partial charge in [-0.2, -0.15) is 0 Å². The standard InChI is InChI=1S/C11H15N3O/c1-14(2)11(15)13-9-3-4-10-8(7-9)5-6-12-10/h3-4,7,12H,5-6H2,1-2H3,(H,13,15). The van der Waals surface area contributed by atoms with Gasteiger partial charge in [0.25, 0.3) is 0 Å². The van der Waals surface area contributed by atoms with E-state index in [0.29, 0.717) is 0 Å². The topological polar surface area (TPSA) is 44.4 Å². The molecule has 0 fully saturated rings. The van der Waals surface area contributed by atoms with Crippen molar-refractivity contribution in [1.29, 1.82) is 0 Å². The lowest BCUT2D eigenvalue weighted by atomic mass is 10.1. The van der Waals surface area contributed by atoms with Gasteiger partial charge < -0.3 is 15.5 Å². The number of hydrogen-bond acceptors (Lipinski definition) is 2. The predicted molar refractivity (Wildman–Crippen MR) is 61.3 cm³/mol. The monoisotopic (exact) mass is 205 g/mol. The van der Waals surface area contributed by atoms with E-state index in [4.69, 9.17) is 0 Å². The number of benzene rings is 1. The van der Waals surface area contributed by atoms with Gasteiger partial charge in [0, 0.05) is 32.0 Å². The number of nitrogens with one attached hydrogen (secondary N) is 2. The zero-order chi connectivity index (χ0) is 10.8. The maximum Gasteiger partial charge on any atom is 0.321 e. The Morgan fingerprint density at radius 3 is 3.00 bits per heavy atom. The summed E-state index contributed by atoms with van der Waals surface area (Å²) in [6.07, 6.45) is 1.03. The van der Waals surface area contributed by atoms with Crippen LogP contribution in [0.3, 0.4) is 0 Å². The van der Waals surface area contributed by atoms with Gasteiger partial charge in [0.1, 0.15) is 0 Å². The second kappa shape index (κ2) is 3.81. The average molecular weight is 205 g/mol. The Morgan fingerprint density at radius 2 is 2.27 bits per heavy atom. The van der Waals surface area contributed by atoms with Gasteiger partial charge in [-0.25, -0.2) is 4.79 Å². The minimum absolute atomic E-state index is 0.0964. The number of fused-ring (bicyclic) bond motifs is 1. The molecule has 0 aliphatic carbocycles. The summed E-state index contributed by atoms with van der Waals surface area (Å²) in [5.74, 6) is 0. The van der Waals surface area contributed by atoms with Crippen LogP contribution in [-0.4, -0.2) is 31.6 Å². The highest BCUT2D eigenvalue weighted by molar-refractivity contribution is 5.89. The van der Waals surface area contributed by atoms with Gasteiger partial charge in [-0.1, -0.05) is 0 Å². The molecule has 1 aliphatic heterocycles. The Labute approximate surface area is 89.3 Å². The SMILES string of the molecule is CN(C)C(=O)Nc1ccc2c(c1)CCN2. The lowest BCUT2D eigenvalue weighted by molar-refractivity contribution is 0.230. The molecule has 0 saturated carbocycles. The Balaban J connectivity index is 2.13. The predicted octanol–water partition coefficient (Wildman–Crippen LogP) is 1.75. The van der Waals surface area contributed by atoms with E-state index in [1.165, 1.54) is 16.2 Å². The van der Waals surface area contributed by atoms with E-state index < -0.39 is 0 Å². The Bertz CT molecular complexity index is 387. The molecule has 1 aliphatic rings. The molecule has 0 aromatic heterocycles. The molecule has 2 N–H and O–H groups in total. The molecule has 0 spiro atoms. The van der Waals surface area contributed by atoms with Crippen molar-refractivity contribution in [1.82, 2.24) is 4.90 Å². The van der Waals surface area contributed by atoms with E-state index in [2.05, 4.69) is 10.6 Å². The molecular formula is C11H15N3O. The van der Waals surface area contributed by atoms with Crippen molar-refractivity contribution in [3.8, 4) is 0 Å². The fraction of sp³-hybridized carbons (Fsp3) is 0.364. The number of nitrogens with zero attached hydrogens (tertiary/aromatic N) is 1. The first kappa shape index (κ1) is 9.83. The largest absolute Gasteiger partial charge is 0.384 e. The Kier molecular flexibility index (Phi) is 2.49. The second-order valence-corrected chi connectivity index (χ2v) is 3.87. The van der Waals surface area contributed by atoms with Crippen LogP contribution < -0.4 is 10.6 Å². The number of hydrogen-bond donors (Lipinski definition) is 2. The van der Waals surface area contributed by atoms with Crippen molar-refractivity contribution in [2.45, 2.75) is 6.42 Å². The number of amides is 2. The summed E-state index contributed by atoms with van der Waals surface area (Å²) in [5, 5.41) is 6.11. The third-order valence-electron chi connectivity index (χ3n) is 2.47. The molecule has 0 unspecified atom stereocenters. The highest BCUT2D eigenvalue weighted by Crippen LogP contribution is 2.25. The summed E-state index contributed by atoms with van der Waals surface area (Å²) in [6.45, 7) is 0.987. The van der Waals surface area contributed by atoms with Crippen molar-refractivity contribution in [3.63, 3.8) is 0 Å². The van der Waals surface area contributed by atoms with Crippen molar-refractivity contribution in [2.75, 3.05) is 31.3 Å². The number of anilines is 2. The number of carbonyl (C=O) groups is 1. The highest BCUT2D eigenvalue weighted by atomic mass is 16.2. The molecule has 4 heteroatoms. The molecule has 15 heavy (non-hydrogen) atoms.